The lowest BCUT2D eigenvalue weighted by Crippen LogP contribution is -2.38. The molecular weight excluding hydrogens is 314 g/mol. The number of nitrogens with one attached hydrogen (secondary N) is 1. The number of anilines is 1. The van der Waals surface area contributed by atoms with Gasteiger partial charge in [0.15, 0.2) is 0 Å². The van der Waals surface area contributed by atoms with Crippen LogP contribution in [0, 0.1) is 0 Å². The normalized spacial score (nSPS) is 13.1. The van der Waals surface area contributed by atoms with E-state index >= 15 is 0 Å². The van der Waals surface area contributed by atoms with Crippen LogP contribution in [0.25, 0.3) is 0 Å². The first kappa shape index (κ1) is 17.0. The van der Waals surface area contributed by atoms with Crippen LogP contribution in [0.4, 0.5) is 10.5 Å². The molecule has 1 aliphatic heterocycles. The fraction of sp³-hybridized carbons (Fsp3) is 0.300. The van der Waals surface area contributed by atoms with Crippen LogP contribution in [0.3, 0.4) is 0 Å². The van der Waals surface area contributed by atoms with Crippen LogP contribution in [-0.4, -0.2) is 42.4 Å². The van der Waals surface area contributed by atoms with E-state index in [-0.39, 0.29) is 11.9 Å². The van der Waals surface area contributed by atoms with Crippen molar-refractivity contribution >= 4 is 17.6 Å². The molecule has 1 heterocycles. The Morgan fingerprint density at radius 2 is 1.72 bits per heavy atom. The lowest BCUT2D eigenvalue weighted by molar-refractivity contribution is -0.127. The molecule has 5 heteroatoms. The van der Waals surface area contributed by atoms with E-state index in [1.165, 1.54) is 11.1 Å². The van der Waals surface area contributed by atoms with Crippen molar-refractivity contribution in [2.45, 2.75) is 19.4 Å². The van der Waals surface area contributed by atoms with E-state index in [1.807, 2.05) is 41.3 Å². The summed E-state index contributed by atoms with van der Waals surface area (Å²) in [4.78, 5) is 27.6. The Labute approximate surface area is 148 Å². The largest absolute Gasteiger partial charge is 0.349 e. The molecule has 0 fully saturated rings. The zero-order valence-corrected chi connectivity index (χ0v) is 14.7. The molecule has 0 aliphatic carbocycles. The first-order valence-electron chi connectivity index (χ1n) is 8.45. The lowest BCUT2D eigenvalue weighted by atomic mass is 10.0. The van der Waals surface area contributed by atoms with E-state index in [0.29, 0.717) is 13.0 Å². The number of hydrogen-bond donors (Lipinski definition) is 1. The van der Waals surface area contributed by atoms with Crippen molar-refractivity contribution in [3.63, 3.8) is 0 Å². The number of likely N-dealkylation sites (N-methyl/N-ethyl adjacent to an activating group) is 1. The number of fused-ring (bicyclic) bond motifs is 1. The summed E-state index contributed by atoms with van der Waals surface area (Å²) in [6, 6.07) is 15.6. The third-order valence-corrected chi connectivity index (χ3v) is 4.48. The summed E-state index contributed by atoms with van der Waals surface area (Å²) in [5.74, 6) is 0.0590. The summed E-state index contributed by atoms with van der Waals surface area (Å²) in [6.07, 6.45) is 1.25. The number of rotatable bonds is 3. The first-order valence-corrected chi connectivity index (χ1v) is 8.45. The molecule has 5 nitrogen and oxygen atoms in total. The van der Waals surface area contributed by atoms with Gasteiger partial charge in [-0.1, -0.05) is 36.4 Å². The molecule has 0 aromatic heterocycles. The van der Waals surface area contributed by atoms with Crippen molar-refractivity contribution < 1.29 is 9.59 Å². The zero-order valence-electron chi connectivity index (χ0n) is 14.7. The molecule has 0 unspecified atom stereocenters. The molecule has 0 radical (unpaired) electrons. The maximum atomic E-state index is 12.5. The minimum absolute atomic E-state index is 0.0590. The number of urea groups is 1. The van der Waals surface area contributed by atoms with Gasteiger partial charge < -0.3 is 15.1 Å². The van der Waals surface area contributed by atoms with Crippen LogP contribution in [0.5, 0.6) is 0 Å². The van der Waals surface area contributed by atoms with Gasteiger partial charge in [0.1, 0.15) is 0 Å². The molecule has 0 saturated heterocycles. The zero-order chi connectivity index (χ0) is 17.8. The van der Waals surface area contributed by atoms with Gasteiger partial charge in [-0.15, -0.1) is 0 Å². The Kier molecular flexibility index (Phi) is 5.03. The molecule has 0 saturated carbocycles. The van der Waals surface area contributed by atoms with Gasteiger partial charge in [-0.2, -0.15) is 0 Å². The maximum Gasteiger partial charge on any atom is 0.322 e. The SMILES string of the molecule is CN(C)C(=O)Cc1ccc(NC(=O)N2CCc3ccccc3C2)cc1. The molecule has 3 rings (SSSR count). The van der Waals surface area contributed by atoms with Crippen LogP contribution >= 0.6 is 0 Å². The predicted molar refractivity (Wildman–Crippen MR) is 98.4 cm³/mol. The third kappa shape index (κ3) is 4.18. The fourth-order valence-electron chi connectivity index (χ4n) is 2.91. The topological polar surface area (TPSA) is 52.7 Å². The number of carbonyl (C=O) groups excluding carboxylic acids is 2. The molecule has 0 bridgehead atoms. The minimum Gasteiger partial charge on any atom is -0.349 e. The molecule has 0 atom stereocenters. The summed E-state index contributed by atoms with van der Waals surface area (Å²) in [7, 11) is 3.49. The Morgan fingerprint density at radius 3 is 2.40 bits per heavy atom. The molecule has 2 aromatic rings. The van der Waals surface area contributed by atoms with Crippen LogP contribution < -0.4 is 5.32 Å². The molecule has 1 aliphatic rings. The average molecular weight is 337 g/mol. The monoisotopic (exact) mass is 337 g/mol. The third-order valence-electron chi connectivity index (χ3n) is 4.48. The number of hydrogen-bond acceptors (Lipinski definition) is 2. The van der Waals surface area contributed by atoms with Crippen molar-refractivity contribution in [1.82, 2.24) is 9.80 Å². The molecule has 3 amide bonds. The minimum atomic E-state index is -0.0911. The quantitative estimate of drug-likeness (QED) is 0.936. The Balaban J connectivity index is 1.59. The highest BCUT2D eigenvalue weighted by atomic mass is 16.2. The molecule has 130 valence electrons. The molecule has 25 heavy (non-hydrogen) atoms. The van der Waals surface area contributed by atoms with Crippen LogP contribution in [0.2, 0.25) is 0 Å². The Bertz CT molecular complexity index is 769. The van der Waals surface area contributed by atoms with Crippen molar-refractivity contribution in [2.75, 3.05) is 26.0 Å². The first-order chi connectivity index (χ1) is 12.0. The molecule has 2 aromatic carbocycles. The Morgan fingerprint density at radius 1 is 1.04 bits per heavy atom. The van der Waals surface area contributed by atoms with E-state index < -0.39 is 0 Å². The number of benzene rings is 2. The highest BCUT2D eigenvalue weighted by molar-refractivity contribution is 5.89. The Hall–Kier alpha value is -2.82. The fourth-order valence-corrected chi connectivity index (χ4v) is 2.91. The predicted octanol–water partition coefficient (Wildman–Crippen LogP) is 2.91. The number of carbonyl (C=O) groups is 2. The van der Waals surface area contributed by atoms with E-state index in [0.717, 1.165) is 24.2 Å². The van der Waals surface area contributed by atoms with Gasteiger partial charge in [0, 0.05) is 32.9 Å². The van der Waals surface area contributed by atoms with Crippen molar-refractivity contribution in [1.29, 1.82) is 0 Å². The van der Waals surface area contributed by atoms with Crippen LogP contribution in [0.1, 0.15) is 16.7 Å². The summed E-state index contributed by atoms with van der Waals surface area (Å²) in [5.41, 5.74) is 4.21. The highest BCUT2D eigenvalue weighted by Crippen LogP contribution is 2.19. The van der Waals surface area contributed by atoms with Gasteiger partial charge in [-0.25, -0.2) is 4.79 Å². The van der Waals surface area contributed by atoms with E-state index in [4.69, 9.17) is 0 Å². The van der Waals surface area contributed by atoms with Gasteiger partial charge in [0.05, 0.1) is 6.42 Å². The molecule has 0 spiro atoms. The van der Waals surface area contributed by atoms with Crippen molar-refractivity contribution in [2.24, 2.45) is 0 Å². The smallest absolute Gasteiger partial charge is 0.322 e. The van der Waals surface area contributed by atoms with E-state index in [9.17, 15) is 9.59 Å². The van der Waals surface area contributed by atoms with E-state index in [1.54, 1.807) is 19.0 Å². The summed E-state index contributed by atoms with van der Waals surface area (Å²) >= 11 is 0. The number of amides is 3. The van der Waals surface area contributed by atoms with Crippen LogP contribution in [-0.2, 0) is 24.2 Å². The second-order valence-electron chi connectivity index (χ2n) is 6.53. The van der Waals surface area contributed by atoms with Gasteiger partial charge in [-0.3, -0.25) is 4.79 Å². The van der Waals surface area contributed by atoms with Gasteiger partial charge in [0.25, 0.3) is 0 Å². The average Bonchev–Trinajstić information content (AvgIpc) is 2.62. The van der Waals surface area contributed by atoms with Crippen molar-refractivity contribution in [3.8, 4) is 0 Å². The summed E-state index contributed by atoms with van der Waals surface area (Å²) < 4.78 is 0. The van der Waals surface area contributed by atoms with Crippen molar-refractivity contribution in [3.05, 3.63) is 65.2 Å². The summed E-state index contributed by atoms with van der Waals surface area (Å²) in [5, 5.41) is 2.94. The van der Waals surface area contributed by atoms with Gasteiger partial charge in [0.2, 0.25) is 5.91 Å². The van der Waals surface area contributed by atoms with Crippen LogP contribution in [0.15, 0.2) is 48.5 Å². The van der Waals surface area contributed by atoms with Gasteiger partial charge >= 0.3 is 6.03 Å². The second kappa shape index (κ2) is 7.38. The second-order valence-corrected chi connectivity index (χ2v) is 6.53. The molecule has 1 N–H and O–H groups in total. The summed E-state index contributed by atoms with van der Waals surface area (Å²) in [6.45, 7) is 1.36. The maximum absolute atomic E-state index is 12.5. The van der Waals surface area contributed by atoms with Gasteiger partial charge in [-0.05, 0) is 35.2 Å². The number of nitrogens with zero attached hydrogens (tertiary/aromatic N) is 2. The standard InChI is InChI=1S/C20H23N3O2/c1-22(2)19(24)13-15-7-9-18(10-8-15)21-20(25)23-12-11-16-5-3-4-6-17(16)14-23/h3-10H,11-14H2,1-2H3,(H,21,25). The van der Waals surface area contributed by atoms with E-state index in [2.05, 4.69) is 17.4 Å². The highest BCUT2D eigenvalue weighted by Gasteiger charge is 2.20. The molecular formula is C20H23N3O2. The lowest BCUT2D eigenvalue weighted by Gasteiger charge is -2.29.